The number of anilines is 1. The van der Waals surface area contributed by atoms with Gasteiger partial charge in [-0.2, -0.15) is 0 Å². The molecule has 2 saturated heterocycles. The molecular weight excluding hydrogens is 481 g/mol. The van der Waals surface area contributed by atoms with Crippen LogP contribution >= 0.6 is 23.2 Å². The number of hydrogen-bond donors (Lipinski definition) is 0. The molecule has 0 bridgehead atoms. The lowest BCUT2D eigenvalue weighted by Gasteiger charge is -2.43. The molecule has 0 N–H and O–H groups in total. The Bertz CT molecular complexity index is 1030. The lowest BCUT2D eigenvalue weighted by atomic mass is 10.1. The van der Waals surface area contributed by atoms with E-state index in [4.69, 9.17) is 32.7 Å². The number of ether oxygens (including phenoxy) is 2. The molecule has 1 saturated carbocycles. The lowest BCUT2D eigenvalue weighted by molar-refractivity contribution is 0.000951. The van der Waals surface area contributed by atoms with E-state index in [0.717, 1.165) is 32.5 Å². The Labute approximate surface area is 209 Å². The van der Waals surface area contributed by atoms with Gasteiger partial charge in [0.2, 0.25) is 0 Å². The van der Waals surface area contributed by atoms with Crippen molar-refractivity contribution in [2.45, 2.75) is 50.8 Å². The molecule has 3 fully saturated rings. The van der Waals surface area contributed by atoms with E-state index in [1.165, 1.54) is 0 Å². The molecule has 4 aliphatic rings. The number of likely N-dealkylation sites (N-methyl/N-ethyl adjacent to an activating group) is 1. The van der Waals surface area contributed by atoms with Gasteiger partial charge in [0.05, 0.1) is 11.6 Å². The first kappa shape index (κ1) is 23.8. The number of amides is 2. The van der Waals surface area contributed by atoms with Crippen molar-refractivity contribution in [1.82, 2.24) is 19.7 Å². The summed E-state index contributed by atoms with van der Waals surface area (Å²) in [4.78, 5) is 39.1. The molecule has 0 aromatic carbocycles. The van der Waals surface area contributed by atoms with Crippen LogP contribution in [0.25, 0.3) is 0 Å². The number of pyridine rings is 1. The minimum atomic E-state index is -0.591. The number of hydrogen-bond acceptors (Lipinski definition) is 7. The van der Waals surface area contributed by atoms with Gasteiger partial charge in [-0.15, -0.1) is 0 Å². The molecular formula is C23H31Cl2N5O4. The van der Waals surface area contributed by atoms with Gasteiger partial charge >= 0.3 is 6.09 Å². The largest absolute Gasteiger partial charge is 0.489 e. The van der Waals surface area contributed by atoms with Gasteiger partial charge in [0, 0.05) is 39.3 Å². The minimum Gasteiger partial charge on any atom is -0.489 e. The van der Waals surface area contributed by atoms with Crippen LogP contribution in [0.4, 0.5) is 10.6 Å². The Kier molecular flexibility index (Phi) is 5.81. The van der Waals surface area contributed by atoms with Crippen LogP contribution in [-0.4, -0.2) is 102 Å². The zero-order valence-corrected chi connectivity index (χ0v) is 21.6. The third-order valence-electron chi connectivity index (χ3n) is 6.99. The number of nitrogens with zero attached hydrogens (tertiary/aromatic N) is 5. The molecule has 1 aliphatic carbocycles. The molecule has 5 rings (SSSR count). The van der Waals surface area contributed by atoms with Gasteiger partial charge in [0.15, 0.2) is 10.9 Å². The summed E-state index contributed by atoms with van der Waals surface area (Å²) in [7, 11) is 2.11. The maximum absolute atomic E-state index is 13.9. The van der Waals surface area contributed by atoms with E-state index in [1.807, 2.05) is 20.8 Å². The molecule has 1 aromatic rings. The summed E-state index contributed by atoms with van der Waals surface area (Å²) in [6.07, 6.45) is 1.69. The number of carbonyl (C=O) groups is 2. The Morgan fingerprint density at radius 2 is 1.91 bits per heavy atom. The summed E-state index contributed by atoms with van der Waals surface area (Å²) in [5.41, 5.74) is -0.253. The second kappa shape index (κ2) is 8.31. The number of carbonyl (C=O) groups excluding carboxylic acids is 2. The smallest absolute Gasteiger partial charge is 0.410 e. The molecule has 3 aliphatic heterocycles. The first-order valence-corrected chi connectivity index (χ1v) is 12.5. The summed E-state index contributed by atoms with van der Waals surface area (Å²) < 4.78 is 11.7. The van der Waals surface area contributed by atoms with Gasteiger partial charge in [0.25, 0.3) is 5.91 Å². The highest BCUT2D eigenvalue weighted by Gasteiger charge is 2.53. The molecule has 1 aromatic heterocycles. The maximum Gasteiger partial charge on any atom is 0.410 e. The molecule has 0 radical (unpaired) electrons. The fraction of sp³-hybridized carbons (Fsp3) is 0.696. The molecule has 186 valence electrons. The minimum absolute atomic E-state index is 0.0354. The van der Waals surface area contributed by atoms with Gasteiger partial charge in [-0.05, 0) is 40.7 Å². The fourth-order valence-corrected chi connectivity index (χ4v) is 5.54. The molecule has 11 heteroatoms. The van der Waals surface area contributed by atoms with Crippen molar-refractivity contribution < 1.29 is 19.1 Å². The summed E-state index contributed by atoms with van der Waals surface area (Å²) >= 11 is 13.0. The van der Waals surface area contributed by atoms with E-state index < -0.39 is 11.7 Å². The lowest BCUT2D eigenvalue weighted by Crippen LogP contribution is -2.58. The summed E-state index contributed by atoms with van der Waals surface area (Å²) in [6.45, 7) is 9.31. The molecule has 1 atom stereocenters. The van der Waals surface area contributed by atoms with E-state index in [9.17, 15) is 9.59 Å². The predicted molar refractivity (Wildman–Crippen MR) is 129 cm³/mol. The van der Waals surface area contributed by atoms with Crippen LogP contribution in [0.3, 0.4) is 0 Å². The second-order valence-corrected chi connectivity index (χ2v) is 11.5. The molecule has 9 nitrogen and oxygen atoms in total. The highest BCUT2D eigenvalue weighted by atomic mass is 35.5. The maximum atomic E-state index is 13.9. The molecule has 34 heavy (non-hydrogen) atoms. The first-order valence-electron chi connectivity index (χ1n) is 11.8. The summed E-state index contributed by atoms with van der Waals surface area (Å²) in [5, 5.41) is 0.282. The van der Waals surface area contributed by atoms with Crippen LogP contribution in [-0.2, 0) is 4.74 Å². The number of rotatable bonds is 1. The van der Waals surface area contributed by atoms with Gasteiger partial charge < -0.3 is 29.1 Å². The predicted octanol–water partition coefficient (Wildman–Crippen LogP) is 3.13. The zero-order chi connectivity index (χ0) is 24.4. The fourth-order valence-electron chi connectivity index (χ4n) is 5.18. The van der Waals surface area contributed by atoms with Crippen LogP contribution < -0.4 is 9.64 Å². The van der Waals surface area contributed by atoms with Crippen molar-refractivity contribution in [2.75, 3.05) is 57.8 Å². The van der Waals surface area contributed by atoms with Crippen LogP contribution in [0.1, 0.15) is 44.0 Å². The van der Waals surface area contributed by atoms with E-state index in [-0.39, 0.29) is 40.0 Å². The van der Waals surface area contributed by atoms with Gasteiger partial charge in [-0.1, -0.05) is 23.2 Å². The Morgan fingerprint density at radius 3 is 2.59 bits per heavy atom. The third kappa shape index (κ3) is 4.16. The van der Waals surface area contributed by atoms with Crippen LogP contribution in [0, 0.1) is 0 Å². The van der Waals surface area contributed by atoms with Gasteiger partial charge in [-0.25, -0.2) is 9.78 Å². The van der Waals surface area contributed by atoms with Crippen molar-refractivity contribution in [3.8, 4) is 5.75 Å². The van der Waals surface area contributed by atoms with Crippen LogP contribution in [0.2, 0.25) is 10.2 Å². The Balaban J connectivity index is 1.47. The monoisotopic (exact) mass is 511 g/mol. The average Bonchev–Trinajstić information content (AvgIpc) is 3.53. The van der Waals surface area contributed by atoms with Crippen molar-refractivity contribution in [2.24, 2.45) is 0 Å². The molecule has 2 amide bonds. The molecule has 4 heterocycles. The summed E-state index contributed by atoms with van der Waals surface area (Å²) in [6, 6.07) is -0.328. The number of fused-ring (bicyclic) bond motifs is 2. The standard InChI is InChI=1S/C23H31Cl2N5O4/c1-22(2,3)34-21(32)28-8-9-29-14(11-28)12-33-17-15(20(29)31)19(26-18(25)16(17)24)30-10-7-27(4)13-23(30)5-6-23/h14H,5-13H2,1-4H3/t14-/m1/s1. The van der Waals surface area contributed by atoms with Gasteiger partial charge in [0.1, 0.15) is 28.6 Å². The Morgan fingerprint density at radius 1 is 1.18 bits per heavy atom. The first-order chi connectivity index (χ1) is 16.0. The van der Waals surface area contributed by atoms with E-state index in [2.05, 4.69) is 21.8 Å². The van der Waals surface area contributed by atoms with E-state index in [1.54, 1.807) is 9.80 Å². The zero-order valence-electron chi connectivity index (χ0n) is 20.1. The summed E-state index contributed by atoms with van der Waals surface area (Å²) in [5.74, 6) is 0.655. The van der Waals surface area contributed by atoms with Crippen molar-refractivity contribution in [1.29, 1.82) is 0 Å². The molecule has 1 spiro atoms. The Hall–Kier alpha value is -1.97. The average molecular weight is 512 g/mol. The number of aromatic nitrogens is 1. The quantitative estimate of drug-likeness (QED) is 0.535. The second-order valence-electron chi connectivity index (χ2n) is 10.7. The van der Waals surface area contributed by atoms with Crippen molar-refractivity contribution in [3.05, 3.63) is 15.7 Å². The highest BCUT2D eigenvalue weighted by Crippen LogP contribution is 2.50. The van der Waals surface area contributed by atoms with E-state index >= 15 is 0 Å². The highest BCUT2D eigenvalue weighted by molar-refractivity contribution is 6.42. The number of piperazine rings is 2. The van der Waals surface area contributed by atoms with Crippen molar-refractivity contribution in [3.63, 3.8) is 0 Å². The van der Waals surface area contributed by atoms with Gasteiger partial charge in [-0.3, -0.25) is 4.79 Å². The number of halogens is 2. The third-order valence-corrected chi connectivity index (χ3v) is 7.71. The topological polar surface area (TPSA) is 78.5 Å². The van der Waals surface area contributed by atoms with Crippen molar-refractivity contribution >= 4 is 41.0 Å². The van der Waals surface area contributed by atoms with Crippen LogP contribution in [0.5, 0.6) is 5.75 Å². The molecule has 0 unspecified atom stereocenters. The van der Waals surface area contributed by atoms with E-state index in [0.29, 0.717) is 31.0 Å². The van der Waals surface area contributed by atoms with Crippen LogP contribution in [0.15, 0.2) is 0 Å². The SMILES string of the molecule is CN1CCN(c2nc(Cl)c(Cl)c3c2C(=O)N2CCN(C(=O)OC(C)(C)C)C[C@@H]2CO3)C2(CC2)C1. The normalized spacial score (nSPS) is 24.4.